The van der Waals surface area contributed by atoms with Crippen LogP contribution in [0.2, 0.25) is 0 Å². The third-order valence-corrected chi connectivity index (χ3v) is 5.59. The van der Waals surface area contributed by atoms with Gasteiger partial charge in [0, 0.05) is 54.2 Å². The molecule has 4 heterocycles. The lowest BCUT2D eigenvalue weighted by atomic mass is 9.94. The van der Waals surface area contributed by atoms with Crippen LogP contribution in [-0.4, -0.2) is 37.2 Å². The van der Waals surface area contributed by atoms with Crippen molar-refractivity contribution >= 4 is 16.3 Å². The van der Waals surface area contributed by atoms with E-state index in [2.05, 4.69) is 48.8 Å². The van der Waals surface area contributed by atoms with Gasteiger partial charge < -0.3 is 0 Å². The molecule has 0 amide bonds. The number of nitrogens with zero attached hydrogens (tertiary/aromatic N) is 5. The van der Waals surface area contributed by atoms with E-state index in [-0.39, 0.29) is 0 Å². The van der Waals surface area contributed by atoms with Gasteiger partial charge in [0.1, 0.15) is 0 Å². The van der Waals surface area contributed by atoms with Crippen LogP contribution in [0.25, 0.3) is 4.96 Å². The Morgan fingerprint density at radius 1 is 1.30 bits per heavy atom. The van der Waals surface area contributed by atoms with Crippen LogP contribution in [0.5, 0.6) is 0 Å². The van der Waals surface area contributed by atoms with Crippen LogP contribution < -0.4 is 0 Å². The van der Waals surface area contributed by atoms with Crippen molar-refractivity contribution in [3.63, 3.8) is 0 Å². The first-order valence-corrected chi connectivity index (χ1v) is 9.35. The van der Waals surface area contributed by atoms with Crippen molar-refractivity contribution in [2.75, 3.05) is 13.1 Å². The van der Waals surface area contributed by atoms with Gasteiger partial charge in [-0.1, -0.05) is 6.92 Å². The quantitative estimate of drug-likeness (QED) is 0.720. The first kappa shape index (κ1) is 14.9. The Morgan fingerprint density at radius 2 is 2.17 bits per heavy atom. The first-order chi connectivity index (χ1) is 11.3. The molecule has 1 aliphatic heterocycles. The van der Waals surface area contributed by atoms with E-state index >= 15 is 0 Å². The molecule has 0 unspecified atom stereocenters. The fourth-order valence-electron chi connectivity index (χ4n) is 3.52. The zero-order valence-corrected chi connectivity index (χ0v) is 14.4. The van der Waals surface area contributed by atoms with Crippen LogP contribution in [-0.2, 0) is 13.1 Å². The summed E-state index contributed by atoms with van der Waals surface area (Å²) in [4.78, 5) is 8.06. The third-order valence-electron chi connectivity index (χ3n) is 4.72. The van der Waals surface area contributed by atoms with E-state index in [1.165, 1.54) is 24.1 Å². The highest BCUT2D eigenvalue weighted by atomic mass is 32.1. The number of hydrogen-bond donors (Lipinski definition) is 0. The minimum Gasteiger partial charge on any atom is -0.299 e. The molecular formula is C17H23N5S. The molecule has 6 heteroatoms. The Hall–Kier alpha value is -1.66. The summed E-state index contributed by atoms with van der Waals surface area (Å²) in [5, 5.41) is 6.73. The standard InChI is InChI=1S/C17H23N5S/c1-2-6-21-12-14(10-19-21)11-20-7-3-15(4-8-20)16-13-23-17-18-5-9-22(16)17/h5,9-10,12-13,15H,2-4,6-8,11H2,1H3. The van der Waals surface area contributed by atoms with E-state index < -0.39 is 0 Å². The predicted octanol–water partition coefficient (Wildman–Crippen LogP) is 3.38. The lowest BCUT2D eigenvalue weighted by Gasteiger charge is -2.31. The van der Waals surface area contributed by atoms with Gasteiger partial charge in [-0.2, -0.15) is 5.10 Å². The highest BCUT2D eigenvalue weighted by Gasteiger charge is 2.23. The zero-order valence-electron chi connectivity index (χ0n) is 13.6. The van der Waals surface area contributed by atoms with Gasteiger partial charge >= 0.3 is 0 Å². The van der Waals surface area contributed by atoms with Gasteiger partial charge in [-0.25, -0.2) is 4.98 Å². The smallest absolute Gasteiger partial charge is 0.193 e. The summed E-state index contributed by atoms with van der Waals surface area (Å²) < 4.78 is 4.32. The Bertz CT molecular complexity index is 763. The lowest BCUT2D eigenvalue weighted by molar-refractivity contribution is 0.203. The Morgan fingerprint density at radius 3 is 3.00 bits per heavy atom. The monoisotopic (exact) mass is 329 g/mol. The van der Waals surface area contributed by atoms with Gasteiger partial charge in [-0.05, 0) is 32.4 Å². The normalized spacial score (nSPS) is 17.3. The highest BCUT2D eigenvalue weighted by Crippen LogP contribution is 2.31. The van der Waals surface area contributed by atoms with Gasteiger partial charge in [-0.15, -0.1) is 11.3 Å². The van der Waals surface area contributed by atoms with Gasteiger partial charge in [0.15, 0.2) is 4.96 Å². The molecule has 0 N–H and O–H groups in total. The average molecular weight is 329 g/mol. The van der Waals surface area contributed by atoms with Gasteiger partial charge in [0.25, 0.3) is 0 Å². The molecule has 1 fully saturated rings. The first-order valence-electron chi connectivity index (χ1n) is 8.47. The van der Waals surface area contributed by atoms with E-state index in [0.717, 1.165) is 37.6 Å². The molecule has 0 aromatic carbocycles. The van der Waals surface area contributed by atoms with Crippen molar-refractivity contribution in [2.45, 2.75) is 45.2 Å². The van der Waals surface area contributed by atoms with E-state index in [4.69, 9.17) is 0 Å². The number of likely N-dealkylation sites (tertiary alicyclic amines) is 1. The number of aromatic nitrogens is 4. The topological polar surface area (TPSA) is 38.4 Å². The molecule has 5 nitrogen and oxygen atoms in total. The maximum Gasteiger partial charge on any atom is 0.193 e. The summed E-state index contributed by atoms with van der Waals surface area (Å²) in [6.45, 7) is 6.56. The Labute approximate surface area is 140 Å². The molecular weight excluding hydrogens is 306 g/mol. The molecule has 1 aliphatic rings. The van der Waals surface area contributed by atoms with Gasteiger partial charge in [-0.3, -0.25) is 14.0 Å². The van der Waals surface area contributed by atoms with Crippen molar-refractivity contribution in [3.05, 3.63) is 41.4 Å². The van der Waals surface area contributed by atoms with Crippen LogP contribution >= 0.6 is 11.3 Å². The molecule has 3 aromatic heterocycles. The van der Waals surface area contributed by atoms with Crippen molar-refractivity contribution in [2.24, 2.45) is 0 Å². The number of imidazole rings is 1. The number of fused-ring (bicyclic) bond motifs is 1. The summed E-state index contributed by atoms with van der Waals surface area (Å²) in [5.74, 6) is 0.664. The van der Waals surface area contributed by atoms with Crippen molar-refractivity contribution < 1.29 is 0 Å². The molecule has 1 saturated heterocycles. The summed E-state index contributed by atoms with van der Waals surface area (Å²) in [5.41, 5.74) is 2.78. The lowest BCUT2D eigenvalue weighted by Crippen LogP contribution is -2.32. The molecule has 0 aliphatic carbocycles. The number of thiazole rings is 1. The zero-order chi connectivity index (χ0) is 15.6. The molecule has 0 spiro atoms. The van der Waals surface area contributed by atoms with Crippen molar-refractivity contribution in [1.29, 1.82) is 0 Å². The number of aryl methyl sites for hydroxylation is 1. The highest BCUT2D eigenvalue weighted by molar-refractivity contribution is 7.15. The maximum atomic E-state index is 4.44. The third kappa shape index (κ3) is 3.05. The molecule has 0 radical (unpaired) electrons. The second kappa shape index (κ2) is 6.45. The maximum absolute atomic E-state index is 4.44. The van der Waals surface area contributed by atoms with Crippen molar-refractivity contribution in [1.82, 2.24) is 24.1 Å². The van der Waals surface area contributed by atoms with Crippen LogP contribution in [0.4, 0.5) is 0 Å². The largest absolute Gasteiger partial charge is 0.299 e. The second-order valence-corrected chi connectivity index (χ2v) is 7.24. The van der Waals surface area contributed by atoms with Crippen molar-refractivity contribution in [3.8, 4) is 0 Å². The van der Waals surface area contributed by atoms with E-state index in [0.29, 0.717) is 5.92 Å². The van der Waals surface area contributed by atoms with E-state index in [1.54, 1.807) is 11.3 Å². The molecule has 122 valence electrons. The van der Waals surface area contributed by atoms with Crippen LogP contribution in [0.1, 0.15) is 43.4 Å². The minimum absolute atomic E-state index is 0.664. The number of rotatable bonds is 5. The molecule has 0 saturated carbocycles. The Kier molecular flexibility index (Phi) is 4.18. The number of piperidine rings is 1. The Balaban J connectivity index is 1.36. The fourth-order valence-corrected chi connectivity index (χ4v) is 4.45. The van der Waals surface area contributed by atoms with E-state index in [1.807, 2.05) is 12.4 Å². The van der Waals surface area contributed by atoms with Crippen LogP contribution in [0.3, 0.4) is 0 Å². The summed E-state index contributed by atoms with van der Waals surface area (Å²) in [7, 11) is 0. The average Bonchev–Trinajstić information content (AvgIpc) is 3.25. The summed E-state index contributed by atoms with van der Waals surface area (Å²) >= 11 is 1.75. The summed E-state index contributed by atoms with van der Waals surface area (Å²) in [6.07, 6.45) is 11.8. The van der Waals surface area contributed by atoms with E-state index in [9.17, 15) is 0 Å². The molecule has 4 rings (SSSR count). The SMILES string of the molecule is CCCn1cc(CN2CCC(c3csc4nccn34)CC2)cn1. The minimum atomic E-state index is 0.664. The molecule has 0 bridgehead atoms. The predicted molar refractivity (Wildman–Crippen MR) is 92.8 cm³/mol. The molecule has 23 heavy (non-hydrogen) atoms. The molecule has 3 aromatic rings. The van der Waals surface area contributed by atoms with Crippen LogP contribution in [0, 0.1) is 0 Å². The number of hydrogen-bond acceptors (Lipinski definition) is 4. The second-order valence-electron chi connectivity index (χ2n) is 6.40. The van der Waals surface area contributed by atoms with Crippen LogP contribution in [0.15, 0.2) is 30.2 Å². The fraction of sp³-hybridized carbons (Fsp3) is 0.529. The van der Waals surface area contributed by atoms with Gasteiger partial charge in [0.05, 0.1) is 6.20 Å². The molecule has 0 atom stereocenters. The van der Waals surface area contributed by atoms with Gasteiger partial charge in [0.2, 0.25) is 0 Å². The summed E-state index contributed by atoms with van der Waals surface area (Å²) in [6, 6.07) is 0.